The Kier molecular flexibility index (Phi) is 6.26. The van der Waals surface area contributed by atoms with Crippen molar-refractivity contribution in [3.8, 4) is 0 Å². The van der Waals surface area contributed by atoms with Crippen LogP contribution < -0.4 is 0 Å². The molecule has 0 amide bonds. The van der Waals surface area contributed by atoms with Gasteiger partial charge >= 0.3 is 0 Å². The number of hydrogen-bond acceptors (Lipinski definition) is 5. The van der Waals surface area contributed by atoms with Gasteiger partial charge in [-0.2, -0.15) is 0 Å². The lowest BCUT2D eigenvalue weighted by molar-refractivity contribution is 0.756. The normalized spacial score (nSPS) is 13.5. The lowest BCUT2D eigenvalue weighted by atomic mass is 10.1. The zero-order valence-corrected chi connectivity index (χ0v) is 22.7. The number of thiophene rings is 4. The molecule has 5 heteroatoms. The van der Waals surface area contributed by atoms with Gasteiger partial charge in [0.2, 0.25) is 0 Å². The summed E-state index contributed by atoms with van der Waals surface area (Å²) in [6.45, 7) is 11.6. The molecular formula is C26H28S5. The van der Waals surface area contributed by atoms with Crippen molar-refractivity contribution < 1.29 is 0 Å². The van der Waals surface area contributed by atoms with E-state index in [9.17, 15) is 0 Å². The van der Waals surface area contributed by atoms with Crippen molar-refractivity contribution in [3.05, 3.63) is 51.0 Å². The highest BCUT2D eigenvalue weighted by Gasteiger charge is 2.15. The molecule has 0 bridgehead atoms. The molecule has 0 aliphatic heterocycles. The Morgan fingerprint density at radius 3 is 1.90 bits per heavy atom. The number of rotatable bonds is 7. The van der Waals surface area contributed by atoms with Crippen LogP contribution in [0.4, 0.5) is 0 Å². The molecule has 0 saturated carbocycles. The fourth-order valence-electron chi connectivity index (χ4n) is 3.83. The molecule has 5 aromatic rings. The van der Waals surface area contributed by atoms with Gasteiger partial charge in [0.05, 0.1) is 17.6 Å². The molecule has 0 aliphatic rings. The molecule has 1 atom stereocenters. The zero-order valence-electron chi connectivity index (χ0n) is 18.7. The van der Waals surface area contributed by atoms with Gasteiger partial charge in [-0.3, -0.25) is 0 Å². The Balaban J connectivity index is 1.28. The summed E-state index contributed by atoms with van der Waals surface area (Å²) in [6.07, 6.45) is 1.23. The minimum atomic E-state index is 0.604. The Hall–Kier alpha value is -0.850. The predicted octanol–water partition coefficient (Wildman–Crippen LogP) is 10.9. The van der Waals surface area contributed by atoms with Crippen LogP contribution >= 0.6 is 57.1 Å². The summed E-state index contributed by atoms with van der Waals surface area (Å²) >= 11 is 10.0. The summed E-state index contributed by atoms with van der Waals surface area (Å²) in [4.78, 5) is 4.55. The van der Waals surface area contributed by atoms with Crippen LogP contribution in [-0.4, -0.2) is 5.75 Å². The molecule has 0 N–H and O–H groups in total. The molecule has 0 radical (unpaired) electrons. The van der Waals surface area contributed by atoms with E-state index in [0.29, 0.717) is 17.8 Å². The van der Waals surface area contributed by atoms with Crippen LogP contribution in [0.3, 0.4) is 0 Å². The third-order valence-electron chi connectivity index (χ3n) is 5.84. The standard InChI is InChI=1S/C26H28S5/c1-14(2)20-10-17-6-7-18-11-22(29-25(18)24(17)28-20)16(5)8-9-27-23-13-19-12-21(15(3)4)30-26(19)31-23/h6-7,10-16H,8-9H2,1-5H3. The summed E-state index contributed by atoms with van der Waals surface area (Å²) < 4.78 is 5.94. The summed E-state index contributed by atoms with van der Waals surface area (Å²) in [5, 5.41) is 4.28. The zero-order chi connectivity index (χ0) is 21.7. The van der Waals surface area contributed by atoms with Gasteiger partial charge in [0, 0.05) is 20.0 Å². The lowest BCUT2D eigenvalue weighted by Gasteiger charge is -2.07. The first-order valence-corrected chi connectivity index (χ1v) is 15.3. The fourth-order valence-corrected chi connectivity index (χ4v) is 10.4. The average molecular weight is 501 g/mol. The smallest absolute Gasteiger partial charge is 0.0879 e. The quantitative estimate of drug-likeness (QED) is 0.200. The fraction of sp³-hybridized carbons (Fsp3) is 0.385. The maximum Gasteiger partial charge on any atom is 0.0879 e. The molecule has 0 aliphatic carbocycles. The van der Waals surface area contributed by atoms with Crippen molar-refractivity contribution in [1.82, 2.24) is 0 Å². The van der Waals surface area contributed by atoms with Crippen LogP contribution in [0.1, 0.15) is 73.4 Å². The number of benzene rings is 1. The van der Waals surface area contributed by atoms with Gasteiger partial charge in [0.25, 0.3) is 0 Å². The van der Waals surface area contributed by atoms with E-state index in [0.717, 1.165) is 0 Å². The summed E-state index contributed by atoms with van der Waals surface area (Å²) in [6, 6.07) is 14.2. The Bertz CT molecular complexity index is 1310. The topological polar surface area (TPSA) is 0 Å². The molecule has 0 fully saturated rings. The van der Waals surface area contributed by atoms with E-state index in [2.05, 4.69) is 71.0 Å². The second kappa shape index (κ2) is 8.83. The summed E-state index contributed by atoms with van der Waals surface area (Å²) in [5.41, 5.74) is 0. The van der Waals surface area contributed by atoms with Crippen molar-refractivity contribution in [2.24, 2.45) is 0 Å². The number of hydrogen-bond donors (Lipinski definition) is 0. The van der Waals surface area contributed by atoms with E-state index in [1.807, 2.05) is 57.1 Å². The third kappa shape index (κ3) is 4.37. The highest BCUT2D eigenvalue weighted by Crippen LogP contribution is 2.43. The molecule has 4 aromatic heterocycles. The van der Waals surface area contributed by atoms with Gasteiger partial charge in [-0.15, -0.1) is 57.1 Å². The Morgan fingerprint density at radius 2 is 1.26 bits per heavy atom. The van der Waals surface area contributed by atoms with Gasteiger partial charge < -0.3 is 0 Å². The predicted molar refractivity (Wildman–Crippen MR) is 149 cm³/mol. The van der Waals surface area contributed by atoms with E-state index in [-0.39, 0.29) is 0 Å². The maximum absolute atomic E-state index is 2.44. The lowest BCUT2D eigenvalue weighted by Crippen LogP contribution is -1.91. The SMILES string of the molecule is CC(C)c1cc2cc(SCCC(C)c3cc4ccc5cc(C(C)C)sc5c4s3)sc2s1. The molecule has 0 spiro atoms. The first kappa shape index (κ1) is 22.0. The van der Waals surface area contributed by atoms with E-state index >= 15 is 0 Å². The van der Waals surface area contributed by atoms with Crippen LogP contribution in [0.2, 0.25) is 0 Å². The van der Waals surface area contributed by atoms with Gasteiger partial charge in [0.1, 0.15) is 0 Å². The van der Waals surface area contributed by atoms with Gasteiger partial charge in [-0.05, 0) is 65.0 Å². The molecular weight excluding hydrogens is 473 g/mol. The second-order valence-corrected chi connectivity index (χ2v) is 15.0. The van der Waals surface area contributed by atoms with Crippen molar-refractivity contribution in [2.75, 3.05) is 5.75 Å². The minimum absolute atomic E-state index is 0.604. The molecule has 0 saturated heterocycles. The van der Waals surface area contributed by atoms with Crippen LogP contribution in [0.5, 0.6) is 0 Å². The first-order valence-electron chi connectivity index (χ1n) is 11.0. The van der Waals surface area contributed by atoms with Crippen molar-refractivity contribution >= 4 is 86.7 Å². The van der Waals surface area contributed by atoms with E-state index in [1.54, 1.807) is 0 Å². The summed E-state index contributed by atoms with van der Waals surface area (Å²) in [7, 11) is 0. The van der Waals surface area contributed by atoms with E-state index in [4.69, 9.17) is 0 Å². The van der Waals surface area contributed by atoms with Crippen molar-refractivity contribution in [2.45, 2.75) is 63.0 Å². The largest absolute Gasteiger partial charge is 0.139 e. The van der Waals surface area contributed by atoms with Crippen LogP contribution in [0.25, 0.3) is 29.6 Å². The van der Waals surface area contributed by atoms with Crippen molar-refractivity contribution in [3.63, 3.8) is 0 Å². The van der Waals surface area contributed by atoms with Crippen molar-refractivity contribution in [1.29, 1.82) is 0 Å². The average Bonchev–Trinajstić information content (AvgIpc) is 3.46. The molecule has 1 aromatic carbocycles. The molecule has 31 heavy (non-hydrogen) atoms. The van der Waals surface area contributed by atoms with Crippen LogP contribution in [0, 0.1) is 0 Å². The van der Waals surface area contributed by atoms with Gasteiger partial charge in [-0.25, -0.2) is 0 Å². The van der Waals surface area contributed by atoms with E-state index < -0.39 is 0 Å². The molecule has 5 rings (SSSR count). The summed E-state index contributed by atoms with van der Waals surface area (Å²) in [5.74, 6) is 3.03. The highest BCUT2D eigenvalue weighted by molar-refractivity contribution is 8.01. The highest BCUT2D eigenvalue weighted by atomic mass is 32.2. The van der Waals surface area contributed by atoms with Gasteiger partial charge in [-0.1, -0.05) is 46.8 Å². The second-order valence-electron chi connectivity index (χ2n) is 9.00. The monoisotopic (exact) mass is 500 g/mol. The number of thioether (sulfide) groups is 1. The van der Waals surface area contributed by atoms with Crippen LogP contribution in [-0.2, 0) is 0 Å². The molecule has 4 heterocycles. The maximum atomic E-state index is 2.44. The van der Waals surface area contributed by atoms with Gasteiger partial charge in [0.15, 0.2) is 0 Å². The molecule has 162 valence electrons. The third-order valence-corrected chi connectivity index (χ3v) is 12.8. The van der Waals surface area contributed by atoms with E-state index in [1.165, 1.54) is 60.6 Å². The number of fused-ring (bicyclic) bond motifs is 4. The Morgan fingerprint density at radius 1 is 0.677 bits per heavy atom. The van der Waals surface area contributed by atoms with Crippen LogP contribution in [0.15, 0.2) is 40.6 Å². The Labute approximate surface area is 205 Å². The molecule has 0 nitrogen and oxygen atoms in total. The minimum Gasteiger partial charge on any atom is -0.139 e. The first-order chi connectivity index (χ1) is 14.9. The molecule has 1 unspecified atom stereocenters.